The third kappa shape index (κ3) is 2.83. The molecule has 0 aromatic heterocycles. The number of ether oxygens (including phenoxy) is 1. The molecule has 0 radical (unpaired) electrons. The van der Waals surface area contributed by atoms with E-state index in [-0.39, 0.29) is 11.9 Å². The molecular formula is C27H22BrN3O2. The first-order valence-electron chi connectivity index (χ1n) is 11.0. The fourth-order valence-electron chi connectivity index (χ4n) is 5.12. The number of rotatable bonds is 3. The van der Waals surface area contributed by atoms with Gasteiger partial charge in [0, 0.05) is 23.0 Å². The van der Waals surface area contributed by atoms with Crippen molar-refractivity contribution in [1.82, 2.24) is 5.01 Å². The van der Waals surface area contributed by atoms with Crippen LogP contribution >= 0.6 is 15.9 Å². The predicted molar refractivity (Wildman–Crippen MR) is 132 cm³/mol. The lowest BCUT2D eigenvalue weighted by Crippen LogP contribution is -2.57. The van der Waals surface area contributed by atoms with Gasteiger partial charge in [0.15, 0.2) is 0 Å². The Morgan fingerprint density at radius 1 is 1.18 bits per heavy atom. The Hall–Kier alpha value is -3.38. The molecule has 3 aromatic rings. The summed E-state index contributed by atoms with van der Waals surface area (Å²) in [5.41, 5.74) is 4.39. The minimum Gasteiger partial charge on any atom is -0.453 e. The molecule has 6 rings (SSSR count). The van der Waals surface area contributed by atoms with Gasteiger partial charge in [-0.15, -0.1) is 6.58 Å². The molecule has 0 fully saturated rings. The van der Waals surface area contributed by atoms with Crippen molar-refractivity contribution in [2.75, 3.05) is 11.4 Å². The Kier molecular flexibility index (Phi) is 4.49. The van der Waals surface area contributed by atoms with Gasteiger partial charge in [-0.2, -0.15) is 5.10 Å². The molecule has 5 nitrogen and oxygen atoms in total. The first kappa shape index (κ1) is 20.2. The van der Waals surface area contributed by atoms with Crippen molar-refractivity contribution in [3.63, 3.8) is 0 Å². The average molecular weight is 500 g/mol. The van der Waals surface area contributed by atoms with E-state index in [0.717, 1.165) is 38.1 Å². The summed E-state index contributed by atoms with van der Waals surface area (Å²) in [4.78, 5) is 15.9. The lowest BCUT2D eigenvalue weighted by molar-refractivity contribution is -0.163. The fraction of sp³-hybridized carbons (Fsp3) is 0.185. The number of hydrogen-bond acceptors (Lipinski definition) is 4. The molecule has 6 heteroatoms. The van der Waals surface area contributed by atoms with Gasteiger partial charge in [0.25, 0.3) is 5.91 Å². The van der Waals surface area contributed by atoms with Gasteiger partial charge in [-0.05, 0) is 42.8 Å². The van der Waals surface area contributed by atoms with E-state index >= 15 is 0 Å². The minimum absolute atomic E-state index is 0.123. The van der Waals surface area contributed by atoms with Crippen molar-refractivity contribution in [3.05, 3.63) is 106 Å². The van der Waals surface area contributed by atoms with E-state index in [1.807, 2.05) is 60.5 Å². The number of amides is 1. The molecule has 0 saturated carbocycles. The van der Waals surface area contributed by atoms with Gasteiger partial charge in [0.2, 0.25) is 0 Å². The molecule has 3 aromatic carbocycles. The first-order chi connectivity index (χ1) is 16.0. The highest BCUT2D eigenvalue weighted by atomic mass is 79.9. The van der Waals surface area contributed by atoms with E-state index in [0.29, 0.717) is 18.7 Å². The van der Waals surface area contributed by atoms with Crippen molar-refractivity contribution in [3.8, 4) is 5.75 Å². The third-order valence-corrected chi connectivity index (χ3v) is 7.08. The second-order valence-corrected chi connectivity index (χ2v) is 9.55. The number of carbonyl (C=O) groups excluding carboxylic acids is 1. The summed E-state index contributed by atoms with van der Waals surface area (Å²) in [5.74, 6) is 0.574. The van der Waals surface area contributed by atoms with Crippen LogP contribution < -0.4 is 9.64 Å². The number of nitrogens with zero attached hydrogens (tertiary/aromatic N) is 3. The van der Waals surface area contributed by atoms with E-state index in [9.17, 15) is 4.79 Å². The second-order valence-electron chi connectivity index (χ2n) is 8.63. The zero-order chi connectivity index (χ0) is 22.7. The molecule has 0 bridgehead atoms. The third-order valence-electron chi connectivity index (χ3n) is 6.58. The van der Waals surface area contributed by atoms with Crippen LogP contribution in [0.15, 0.2) is 89.0 Å². The minimum atomic E-state index is -1.35. The van der Waals surface area contributed by atoms with Crippen LogP contribution in [0.4, 0.5) is 5.69 Å². The Morgan fingerprint density at radius 2 is 2.00 bits per heavy atom. The number of carbonyl (C=O) groups is 1. The zero-order valence-electron chi connectivity index (χ0n) is 18.2. The largest absolute Gasteiger partial charge is 0.453 e. The molecule has 1 amide bonds. The van der Waals surface area contributed by atoms with Gasteiger partial charge in [0.1, 0.15) is 5.75 Å². The summed E-state index contributed by atoms with van der Waals surface area (Å²) in [6.07, 6.45) is 2.43. The highest BCUT2D eigenvalue weighted by molar-refractivity contribution is 9.10. The van der Waals surface area contributed by atoms with Gasteiger partial charge < -0.3 is 9.64 Å². The van der Waals surface area contributed by atoms with Crippen LogP contribution in [0, 0.1) is 6.92 Å². The van der Waals surface area contributed by atoms with Gasteiger partial charge in [0.05, 0.1) is 23.0 Å². The summed E-state index contributed by atoms with van der Waals surface area (Å²) < 4.78 is 7.65. The molecule has 2 atom stereocenters. The summed E-state index contributed by atoms with van der Waals surface area (Å²) in [6.45, 7) is 6.30. The summed E-state index contributed by atoms with van der Waals surface area (Å²) in [5, 5.41) is 6.95. The topological polar surface area (TPSA) is 45.1 Å². The highest BCUT2D eigenvalue weighted by Gasteiger charge is 2.63. The van der Waals surface area contributed by atoms with E-state index in [1.165, 1.54) is 0 Å². The summed E-state index contributed by atoms with van der Waals surface area (Å²) >= 11 is 3.60. The lowest BCUT2D eigenvalue weighted by Gasteiger charge is -2.44. The van der Waals surface area contributed by atoms with Crippen LogP contribution in [0.1, 0.15) is 34.7 Å². The summed E-state index contributed by atoms with van der Waals surface area (Å²) in [6, 6.07) is 22.0. The summed E-state index contributed by atoms with van der Waals surface area (Å²) in [7, 11) is 0. The normalized spacial score (nSPS) is 22.5. The van der Waals surface area contributed by atoms with Crippen molar-refractivity contribution in [2.24, 2.45) is 5.10 Å². The maximum atomic E-state index is 14.1. The number of fused-ring (bicyclic) bond motifs is 6. The lowest BCUT2D eigenvalue weighted by atomic mass is 9.92. The van der Waals surface area contributed by atoms with Crippen LogP contribution in [0.5, 0.6) is 5.75 Å². The molecule has 0 aliphatic carbocycles. The first-order valence-corrected chi connectivity index (χ1v) is 11.8. The number of anilines is 1. The number of aryl methyl sites for hydroxylation is 1. The van der Waals surface area contributed by atoms with Gasteiger partial charge in [-0.1, -0.05) is 64.0 Å². The van der Waals surface area contributed by atoms with E-state index in [4.69, 9.17) is 9.84 Å². The number of halogens is 1. The molecule has 164 valence electrons. The molecule has 0 saturated heterocycles. The van der Waals surface area contributed by atoms with E-state index in [1.54, 1.807) is 11.0 Å². The molecular weight excluding hydrogens is 478 g/mol. The molecule has 2 unspecified atom stereocenters. The van der Waals surface area contributed by atoms with Gasteiger partial charge in [-0.25, -0.2) is 5.01 Å². The van der Waals surface area contributed by atoms with Crippen molar-refractivity contribution in [1.29, 1.82) is 0 Å². The second kappa shape index (κ2) is 7.32. The number of benzene rings is 3. The predicted octanol–water partition coefficient (Wildman–Crippen LogP) is 5.69. The Labute approximate surface area is 201 Å². The van der Waals surface area contributed by atoms with Crippen molar-refractivity contribution in [2.45, 2.75) is 25.1 Å². The quantitative estimate of drug-likeness (QED) is 0.435. The molecule has 3 aliphatic heterocycles. The highest BCUT2D eigenvalue weighted by Crippen LogP contribution is 2.56. The van der Waals surface area contributed by atoms with Gasteiger partial charge >= 0.3 is 5.72 Å². The van der Waals surface area contributed by atoms with Crippen LogP contribution in [0.2, 0.25) is 0 Å². The average Bonchev–Trinajstić information content (AvgIpc) is 3.36. The Bertz CT molecular complexity index is 1340. The molecule has 3 aliphatic rings. The Morgan fingerprint density at radius 3 is 2.79 bits per heavy atom. The molecule has 1 spiro atoms. The van der Waals surface area contributed by atoms with Gasteiger partial charge in [-0.3, -0.25) is 4.79 Å². The fourth-order valence-corrected chi connectivity index (χ4v) is 5.50. The number of hydrazone groups is 1. The molecule has 0 N–H and O–H groups in total. The van der Waals surface area contributed by atoms with Crippen LogP contribution in [-0.2, 0) is 10.5 Å². The van der Waals surface area contributed by atoms with Crippen LogP contribution in [-0.4, -0.2) is 23.2 Å². The number of hydrogen-bond donors (Lipinski definition) is 0. The van der Waals surface area contributed by atoms with Crippen LogP contribution in [0.25, 0.3) is 0 Å². The zero-order valence-corrected chi connectivity index (χ0v) is 19.7. The monoisotopic (exact) mass is 499 g/mol. The molecule has 33 heavy (non-hydrogen) atoms. The smallest absolute Gasteiger partial charge is 0.306 e. The Balaban J connectivity index is 1.61. The van der Waals surface area contributed by atoms with E-state index < -0.39 is 5.72 Å². The van der Waals surface area contributed by atoms with Crippen molar-refractivity contribution >= 4 is 33.2 Å². The van der Waals surface area contributed by atoms with Crippen LogP contribution in [0.3, 0.4) is 0 Å². The molecule has 3 heterocycles. The standard InChI is InChI=1S/C27H22BrN3O2/c1-3-13-30-23-11-9-17(2)14-21(23)27(26(30)32)31-24(20-15-19(28)10-12-25(20)33-27)16-22(29-31)18-7-5-4-6-8-18/h3-12,14-15,24H,1,13,16H2,2H3. The maximum Gasteiger partial charge on any atom is 0.306 e. The van der Waals surface area contributed by atoms with E-state index in [2.05, 4.69) is 40.7 Å². The van der Waals surface area contributed by atoms with Crippen molar-refractivity contribution < 1.29 is 9.53 Å². The maximum absolute atomic E-state index is 14.1. The SMILES string of the molecule is C=CCN1C(=O)C2(Oc3ccc(Br)cc3C3CC(c4ccccc4)=NN32)c2cc(C)ccc21.